The van der Waals surface area contributed by atoms with Gasteiger partial charge in [-0.2, -0.15) is 5.10 Å². The Morgan fingerprint density at radius 2 is 1.69 bits per heavy atom. The van der Waals surface area contributed by atoms with Gasteiger partial charge in [0.1, 0.15) is 5.69 Å². The van der Waals surface area contributed by atoms with E-state index in [0.717, 1.165) is 16.9 Å². The Labute approximate surface area is 156 Å². The van der Waals surface area contributed by atoms with E-state index in [0.29, 0.717) is 5.69 Å². The van der Waals surface area contributed by atoms with Gasteiger partial charge in [0.05, 0.1) is 17.6 Å². The van der Waals surface area contributed by atoms with E-state index in [2.05, 4.69) is 15.8 Å². The van der Waals surface area contributed by atoms with Gasteiger partial charge in [0.15, 0.2) is 5.11 Å². The number of anilines is 1. The highest BCUT2D eigenvalue weighted by molar-refractivity contribution is 7.80. The molecular formula is C19H19N5OS. The average molecular weight is 365 g/mol. The number of hydrogen-bond donors (Lipinski definition) is 2. The predicted molar refractivity (Wildman–Crippen MR) is 109 cm³/mol. The Kier molecular flexibility index (Phi) is 5.28. The zero-order chi connectivity index (χ0) is 18.5. The van der Waals surface area contributed by atoms with Crippen LogP contribution in [0.25, 0.3) is 5.69 Å². The fourth-order valence-electron chi connectivity index (χ4n) is 2.56. The Balaban J connectivity index is 1.77. The summed E-state index contributed by atoms with van der Waals surface area (Å²) in [6.07, 6.45) is 1.66. The molecule has 0 aliphatic heterocycles. The topological polar surface area (TPSA) is 63.4 Å². The molecule has 2 aromatic carbocycles. The van der Waals surface area contributed by atoms with Crippen molar-refractivity contribution in [3.63, 3.8) is 0 Å². The molecule has 0 fully saturated rings. The number of nitrogens with one attached hydrogen (secondary N) is 2. The second-order valence-corrected chi connectivity index (χ2v) is 6.08. The van der Waals surface area contributed by atoms with Gasteiger partial charge in [-0.15, -0.1) is 0 Å². The molecule has 132 valence electrons. The van der Waals surface area contributed by atoms with Gasteiger partial charge < -0.3 is 5.32 Å². The van der Waals surface area contributed by atoms with Crippen molar-refractivity contribution in [3.05, 3.63) is 82.3 Å². The number of benzene rings is 2. The molecule has 0 aliphatic carbocycles. The lowest BCUT2D eigenvalue weighted by atomic mass is 10.2. The molecular weight excluding hydrogens is 346 g/mol. The molecule has 6 nitrogen and oxygen atoms in total. The second kappa shape index (κ2) is 7.79. The van der Waals surface area contributed by atoms with E-state index >= 15 is 0 Å². The number of rotatable bonds is 4. The van der Waals surface area contributed by atoms with Crippen LogP contribution in [0.4, 0.5) is 5.69 Å². The molecule has 0 radical (unpaired) electrons. The van der Waals surface area contributed by atoms with Crippen LogP contribution in [0.15, 0.2) is 70.6 Å². The summed E-state index contributed by atoms with van der Waals surface area (Å²) in [4.78, 5) is 12.8. The van der Waals surface area contributed by atoms with Crippen molar-refractivity contribution in [3.8, 4) is 5.69 Å². The van der Waals surface area contributed by atoms with Crippen LogP contribution < -0.4 is 16.3 Å². The van der Waals surface area contributed by atoms with Crippen LogP contribution in [0.5, 0.6) is 0 Å². The molecule has 0 amide bonds. The lowest BCUT2D eigenvalue weighted by Crippen LogP contribution is -2.28. The van der Waals surface area contributed by atoms with E-state index < -0.39 is 0 Å². The minimum atomic E-state index is -0.174. The first-order valence-corrected chi connectivity index (χ1v) is 8.48. The Morgan fingerprint density at radius 3 is 2.35 bits per heavy atom. The number of thiocarbonyl (C=S) groups is 1. The minimum absolute atomic E-state index is 0.174. The smallest absolute Gasteiger partial charge is 0.295 e. The molecule has 0 spiro atoms. The molecule has 0 aliphatic rings. The molecule has 0 bridgehead atoms. The fourth-order valence-corrected chi connectivity index (χ4v) is 2.71. The molecule has 26 heavy (non-hydrogen) atoms. The van der Waals surface area contributed by atoms with E-state index in [1.807, 2.05) is 74.6 Å². The molecule has 1 aromatic heterocycles. The van der Waals surface area contributed by atoms with Gasteiger partial charge in [-0.25, -0.2) is 4.68 Å². The number of para-hydroxylation sites is 1. The van der Waals surface area contributed by atoms with Crippen molar-refractivity contribution in [2.45, 2.75) is 6.92 Å². The first kappa shape index (κ1) is 17.6. The van der Waals surface area contributed by atoms with Gasteiger partial charge in [0.2, 0.25) is 0 Å². The summed E-state index contributed by atoms with van der Waals surface area (Å²) in [6.45, 7) is 1.86. The molecule has 0 saturated carbocycles. The molecule has 0 saturated heterocycles. The number of hydrogen-bond acceptors (Lipinski definition) is 3. The Hall–Kier alpha value is -3.19. The number of nitrogens with zero attached hydrogens (tertiary/aromatic N) is 3. The first-order chi connectivity index (χ1) is 12.6. The summed E-state index contributed by atoms with van der Waals surface area (Å²) in [7, 11) is 1.83. The third-order valence-corrected chi connectivity index (χ3v) is 4.17. The van der Waals surface area contributed by atoms with Gasteiger partial charge >= 0.3 is 0 Å². The molecule has 3 rings (SSSR count). The number of hydrazone groups is 1. The van der Waals surface area contributed by atoms with Gasteiger partial charge in [0.25, 0.3) is 5.56 Å². The highest BCUT2D eigenvalue weighted by Crippen LogP contribution is 2.13. The first-order valence-electron chi connectivity index (χ1n) is 8.07. The highest BCUT2D eigenvalue weighted by Gasteiger charge is 2.16. The zero-order valence-corrected chi connectivity index (χ0v) is 15.3. The summed E-state index contributed by atoms with van der Waals surface area (Å²) in [5.74, 6) is 0. The van der Waals surface area contributed by atoms with Crippen molar-refractivity contribution >= 4 is 29.2 Å². The maximum absolute atomic E-state index is 12.8. The minimum Gasteiger partial charge on any atom is -0.325 e. The Morgan fingerprint density at radius 1 is 1.08 bits per heavy atom. The summed E-state index contributed by atoms with van der Waals surface area (Å²) in [5.41, 5.74) is 5.49. The predicted octanol–water partition coefficient (Wildman–Crippen LogP) is 2.80. The maximum Gasteiger partial charge on any atom is 0.295 e. The molecule has 0 unspecified atom stereocenters. The van der Waals surface area contributed by atoms with Crippen molar-refractivity contribution in [1.82, 2.24) is 14.8 Å². The van der Waals surface area contributed by atoms with Crippen LogP contribution in [-0.2, 0) is 7.05 Å². The molecule has 1 heterocycles. The molecule has 0 atom stereocenters. The van der Waals surface area contributed by atoms with E-state index in [1.165, 1.54) is 0 Å². The summed E-state index contributed by atoms with van der Waals surface area (Å²) in [5, 5.41) is 7.29. The number of aromatic nitrogens is 2. The van der Waals surface area contributed by atoms with Crippen LogP contribution in [0.2, 0.25) is 0 Å². The zero-order valence-electron chi connectivity index (χ0n) is 14.5. The van der Waals surface area contributed by atoms with Crippen LogP contribution in [0, 0.1) is 6.92 Å². The SMILES string of the molecule is Cc1c(NC(=S)N/N=C/c2ccccc2)c(=O)n(-c2ccccc2)n1C. The van der Waals surface area contributed by atoms with Crippen molar-refractivity contribution in [1.29, 1.82) is 0 Å². The van der Waals surface area contributed by atoms with E-state index in [4.69, 9.17) is 12.2 Å². The molecule has 3 aromatic rings. The van der Waals surface area contributed by atoms with Crippen molar-refractivity contribution in [2.24, 2.45) is 12.1 Å². The van der Waals surface area contributed by atoms with E-state index in [1.54, 1.807) is 15.6 Å². The summed E-state index contributed by atoms with van der Waals surface area (Å²) < 4.78 is 3.38. The lowest BCUT2D eigenvalue weighted by molar-refractivity contribution is 0.630. The third-order valence-electron chi connectivity index (χ3n) is 3.97. The van der Waals surface area contributed by atoms with Crippen molar-refractivity contribution < 1.29 is 0 Å². The molecule has 7 heteroatoms. The average Bonchev–Trinajstić information content (AvgIpc) is 2.87. The lowest BCUT2D eigenvalue weighted by Gasteiger charge is -2.07. The van der Waals surface area contributed by atoms with Crippen LogP contribution in [0.1, 0.15) is 11.3 Å². The third kappa shape index (κ3) is 3.73. The van der Waals surface area contributed by atoms with Crippen LogP contribution >= 0.6 is 12.2 Å². The van der Waals surface area contributed by atoms with Crippen LogP contribution in [0.3, 0.4) is 0 Å². The molecule has 2 N–H and O–H groups in total. The fraction of sp³-hybridized carbons (Fsp3) is 0.105. The maximum atomic E-state index is 12.8. The van der Waals surface area contributed by atoms with Gasteiger partial charge in [-0.3, -0.25) is 14.9 Å². The summed E-state index contributed by atoms with van der Waals surface area (Å²) >= 11 is 5.25. The Bertz CT molecular complexity index is 990. The quantitative estimate of drug-likeness (QED) is 0.424. The van der Waals surface area contributed by atoms with Gasteiger partial charge in [-0.1, -0.05) is 48.5 Å². The highest BCUT2D eigenvalue weighted by atomic mass is 32.1. The van der Waals surface area contributed by atoms with E-state index in [-0.39, 0.29) is 10.7 Å². The van der Waals surface area contributed by atoms with Gasteiger partial charge in [-0.05, 0) is 36.8 Å². The largest absolute Gasteiger partial charge is 0.325 e. The normalized spacial score (nSPS) is 10.8. The van der Waals surface area contributed by atoms with Crippen LogP contribution in [-0.4, -0.2) is 20.7 Å². The standard InChI is InChI=1S/C19H19N5OS/c1-14-17(18(25)24(23(14)2)16-11-7-4-8-12-16)21-19(26)22-20-13-15-9-5-3-6-10-15/h3-13H,1-2H3,(H2,21,22,26)/b20-13+. The monoisotopic (exact) mass is 365 g/mol. The van der Waals surface area contributed by atoms with Gasteiger partial charge in [0, 0.05) is 7.05 Å². The second-order valence-electron chi connectivity index (χ2n) is 5.67. The van der Waals surface area contributed by atoms with E-state index in [9.17, 15) is 4.79 Å². The van der Waals surface area contributed by atoms with Crippen molar-refractivity contribution in [2.75, 3.05) is 5.32 Å². The summed E-state index contributed by atoms with van der Waals surface area (Å²) in [6, 6.07) is 19.1.